The molecule has 1 amide bonds. The minimum Gasteiger partial charge on any atom is -0.504 e. The van der Waals surface area contributed by atoms with Crippen LogP contribution in [0.2, 0.25) is 0 Å². The van der Waals surface area contributed by atoms with Gasteiger partial charge in [-0.05, 0) is 18.2 Å². The lowest BCUT2D eigenvalue weighted by atomic mass is 10.1. The molecule has 98 valence electrons. The number of para-hydroxylation sites is 1. The van der Waals surface area contributed by atoms with Crippen molar-refractivity contribution in [1.82, 2.24) is 4.98 Å². The van der Waals surface area contributed by atoms with Gasteiger partial charge in [-0.3, -0.25) is 4.79 Å². The van der Waals surface area contributed by atoms with E-state index in [1.54, 1.807) is 19.2 Å². The lowest BCUT2D eigenvalue weighted by Crippen LogP contribution is -2.15. The fourth-order valence-corrected chi connectivity index (χ4v) is 1.69. The number of methoxy groups -OCH3 is 1. The first-order valence-electron chi connectivity index (χ1n) is 5.76. The van der Waals surface area contributed by atoms with E-state index in [1.165, 1.54) is 12.3 Å². The van der Waals surface area contributed by atoms with Crippen molar-refractivity contribution in [3.05, 3.63) is 48.2 Å². The highest BCUT2D eigenvalue weighted by atomic mass is 16.5. The Hall–Kier alpha value is -2.56. The Morgan fingerprint density at radius 3 is 2.84 bits per heavy atom. The fraction of sp³-hybridized carbons (Fsp3) is 0.143. The van der Waals surface area contributed by atoms with Crippen LogP contribution in [-0.2, 0) is 11.2 Å². The molecule has 0 unspecified atom stereocenters. The Morgan fingerprint density at radius 2 is 2.11 bits per heavy atom. The molecule has 2 rings (SSSR count). The van der Waals surface area contributed by atoms with Crippen LogP contribution in [-0.4, -0.2) is 23.1 Å². The highest BCUT2D eigenvalue weighted by Gasteiger charge is 2.10. The van der Waals surface area contributed by atoms with Crippen molar-refractivity contribution in [3.63, 3.8) is 0 Å². The molecule has 5 nitrogen and oxygen atoms in total. The van der Waals surface area contributed by atoms with Gasteiger partial charge in [0, 0.05) is 11.8 Å². The molecular formula is C14H14N2O3. The molecule has 0 fully saturated rings. The second-order valence-electron chi connectivity index (χ2n) is 3.91. The number of carbonyl (C=O) groups excluding carboxylic acids is 1. The minimum absolute atomic E-state index is 0.0594. The zero-order valence-corrected chi connectivity index (χ0v) is 10.5. The molecule has 0 bridgehead atoms. The van der Waals surface area contributed by atoms with Crippen LogP contribution in [0.3, 0.4) is 0 Å². The number of nitrogens with zero attached hydrogens (tertiary/aromatic N) is 1. The van der Waals surface area contributed by atoms with E-state index in [1.807, 2.05) is 18.2 Å². The highest BCUT2D eigenvalue weighted by molar-refractivity contribution is 5.92. The first-order chi connectivity index (χ1) is 9.20. The average Bonchev–Trinajstić information content (AvgIpc) is 2.42. The van der Waals surface area contributed by atoms with Crippen LogP contribution in [0.15, 0.2) is 42.6 Å². The molecule has 0 spiro atoms. The van der Waals surface area contributed by atoms with Crippen LogP contribution in [0, 0.1) is 0 Å². The van der Waals surface area contributed by atoms with E-state index in [4.69, 9.17) is 4.74 Å². The zero-order chi connectivity index (χ0) is 13.7. The summed E-state index contributed by atoms with van der Waals surface area (Å²) in [6.07, 6.45) is 1.65. The molecule has 2 N–H and O–H groups in total. The molecule has 0 atom stereocenters. The Balaban J connectivity index is 2.08. The number of amides is 1. The first-order valence-corrected chi connectivity index (χ1v) is 5.76. The molecule has 19 heavy (non-hydrogen) atoms. The van der Waals surface area contributed by atoms with Crippen molar-refractivity contribution in [2.75, 3.05) is 12.4 Å². The molecular weight excluding hydrogens is 244 g/mol. The van der Waals surface area contributed by atoms with Crippen LogP contribution in [0.4, 0.5) is 5.82 Å². The van der Waals surface area contributed by atoms with Gasteiger partial charge in [0.15, 0.2) is 11.6 Å². The summed E-state index contributed by atoms with van der Waals surface area (Å²) in [5.74, 6) is 0.486. The van der Waals surface area contributed by atoms with E-state index in [9.17, 15) is 9.90 Å². The topological polar surface area (TPSA) is 71.5 Å². The van der Waals surface area contributed by atoms with Crippen molar-refractivity contribution in [2.24, 2.45) is 0 Å². The molecule has 2 aromatic rings. The molecule has 0 aliphatic carbocycles. The van der Waals surface area contributed by atoms with E-state index >= 15 is 0 Å². The van der Waals surface area contributed by atoms with Gasteiger partial charge in [0.2, 0.25) is 5.91 Å². The number of aromatic nitrogens is 1. The van der Waals surface area contributed by atoms with Crippen molar-refractivity contribution in [1.29, 1.82) is 0 Å². The van der Waals surface area contributed by atoms with Gasteiger partial charge in [-0.2, -0.15) is 0 Å². The lowest BCUT2D eigenvalue weighted by Gasteiger charge is -2.09. The normalized spacial score (nSPS) is 9.95. The number of carbonyl (C=O) groups is 1. The number of hydrogen-bond acceptors (Lipinski definition) is 4. The third kappa shape index (κ3) is 3.22. The van der Waals surface area contributed by atoms with E-state index in [2.05, 4.69) is 10.3 Å². The average molecular weight is 258 g/mol. The number of pyridine rings is 1. The molecule has 1 aromatic carbocycles. The second-order valence-corrected chi connectivity index (χ2v) is 3.91. The number of benzene rings is 1. The molecule has 0 aliphatic heterocycles. The zero-order valence-electron chi connectivity index (χ0n) is 10.5. The summed E-state index contributed by atoms with van der Waals surface area (Å²) >= 11 is 0. The summed E-state index contributed by atoms with van der Waals surface area (Å²) < 4.78 is 5.18. The Kier molecular flexibility index (Phi) is 3.97. The van der Waals surface area contributed by atoms with Crippen LogP contribution in [0.25, 0.3) is 0 Å². The van der Waals surface area contributed by atoms with E-state index in [0.29, 0.717) is 5.75 Å². The minimum atomic E-state index is -0.265. The van der Waals surface area contributed by atoms with Gasteiger partial charge in [0.25, 0.3) is 0 Å². The molecule has 0 radical (unpaired) electrons. The van der Waals surface area contributed by atoms with Crippen LogP contribution in [0.5, 0.6) is 11.5 Å². The maximum absolute atomic E-state index is 11.9. The largest absolute Gasteiger partial charge is 0.504 e. The van der Waals surface area contributed by atoms with Crippen molar-refractivity contribution in [3.8, 4) is 11.5 Å². The van der Waals surface area contributed by atoms with Crippen LogP contribution < -0.4 is 10.1 Å². The molecule has 1 aromatic heterocycles. The van der Waals surface area contributed by atoms with Gasteiger partial charge >= 0.3 is 0 Å². The van der Waals surface area contributed by atoms with Gasteiger partial charge < -0.3 is 15.2 Å². The Labute approximate surface area is 110 Å². The molecule has 5 heteroatoms. The van der Waals surface area contributed by atoms with E-state index in [-0.39, 0.29) is 23.9 Å². The Bertz CT molecular complexity index is 584. The predicted octanol–water partition coefficient (Wildman–Crippen LogP) is 1.98. The fourth-order valence-electron chi connectivity index (χ4n) is 1.69. The van der Waals surface area contributed by atoms with Crippen molar-refractivity contribution in [2.45, 2.75) is 6.42 Å². The molecule has 1 heterocycles. The molecule has 0 saturated carbocycles. The van der Waals surface area contributed by atoms with E-state index in [0.717, 1.165) is 5.56 Å². The maximum Gasteiger partial charge on any atom is 0.230 e. The maximum atomic E-state index is 11.9. The number of ether oxygens (including phenoxy) is 1. The van der Waals surface area contributed by atoms with Crippen molar-refractivity contribution >= 4 is 11.7 Å². The third-order valence-electron chi connectivity index (χ3n) is 2.59. The Morgan fingerprint density at radius 1 is 1.32 bits per heavy atom. The molecule has 0 saturated heterocycles. The summed E-state index contributed by atoms with van der Waals surface area (Å²) in [6, 6.07) is 10.3. The summed E-state index contributed by atoms with van der Waals surface area (Å²) in [4.78, 5) is 15.8. The third-order valence-corrected chi connectivity index (χ3v) is 2.59. The summed E-state index contributed by atoms with van der Waals surface area (Å²) in [5.41, 5.74) is 0.776. The lowest BCUT2D eigenvalue weighted by molar-refractivity contribution is -0.115. The highest BCUT2D eigenvalue weighted by Crippen LogP contribution is 2.21. The van der Waals surface area contributed by atoms with Crippen LogP contribution >= 0.6 is 0 Å². The number of rotatable bonds is 4. The van der Waals surface area contributed by atoms with Gasteiger partial charge in [-0.15, -0.1) is 0 Å². The predicted molar refractivity (Wildman–Crippen MR) is 71.2 cm³/mol. The van der Waals surface area contributed by atoms with Gasteiger partial charge in [0.05, 0.1) is 13.5 Å². The van der Waals surface area contributed by atoms with Gasteiger partial charge in [-0.1, -0.05) is 18.2 Å². The number of anilines is 1. The molecule has 0 aliphatic rings. The first kappa shape index (κ1) is 12.9. The second kappa shape index (κ2) is 5.86. The standard InChI is InChI=1S/C14H14N2O3/c1-19-12-7-3-2-5-10(12)9-13(18)16-14-11(17)6-4-8-15-14/h2-8,17H,9H2,1H3,(H,15,16,18). The van der Waals surface area contributed by atoms with Gasteiger partial charge in [-0.25, -0.2) is 4.98 Å². The summed E-state index contributed by atoms with van der Waals surface area (Å²) in [5, 5.41) is 12.1. The van der Waals surface area contributed by atoms with Crippen LogP contribution in [0.1, 0.15) is 5.56 Å². The number of aromatic hydroxyl groups is 1. The number of nitrogens with one attached hydrogen (secondary N) is 1. The van der Waals surface area contributed by atoms with E-state index < -0.39 is 0 Å². The summed E-state index contributed by atoms with van der Waals surface area (Å²) in [7, 11) is 1.56. The quantitative estimate of drug-likeness (QED) is 0.879. The monoisotopic (exact) mass is 258 g/mol. The smallest absolute Gasteiger partial charge is 0.230 e. The summed E-state index contributed by atoms with van der Waals surface area (Å²) in [6.45, 7) is 0. The SMILES string of the molecule is COc1ccccc1CC(=O)Nc1ncccc1O. The number of hydrogen-bond donors (Lipinski definition) is 2. The van der Waals surface area contributed by atoms with Crippen molar-refractivity contribution < 1.29 is 14.6 Å². The van der Waals surface area contributed by atoms with Gasteiger partial charge in [0.1, 0.15) is 5.75 Å².